The molecule has 2 aliphatic rings. The lowest BCUT2D eigenvalue weighted by Gasteiger charge is -2.22. The summed E-state index contributed by atoms with van der Waals surface area (Å²) < 4.78 is 0. The highest BCUT2D eigenvalue weighted by molar-refractivity contribution is 5.07. The predicted molar refractivity (Wildman–Crippen MR) is 67.2 cm³/mol. The van der Waals surface area contributed by atoms with Gasteiger partial charge in [-0.15, -0.1) is 6.58 Å². The van der Waals surface area contributed by atoms with Gasteiger partial charge in [0.15, 0.2) is 0 Å². The van der Waals surface area contributed by atoms with Crippen LogP contribution in [-0.4, -0.2) is 23.8 Å². The van der Waals surface area contributed by atoms with E-state index in [4.69, 9.17) is 5.11 Å². The van der Waals surface area contributed by atoms with E-state index in [1.807, 2.05) is 6.08 Å². The summed E-state index contributed by atoms with van der Waals surface area (Å²) >= 11 is 0. The normalized spacial score (nSPS) is 30.6. The highest BCUT2D eigenvalue weighted by Crippen LogP contribution is 2.35. The fourth-order valence-corrected chi connectivity index (χ4v) is 2.56. The summed E-state index contributed by atoms with van der Waals surface area (Å²) in [5.74, 6) is 1.26. The molecule has 0 aromatic heterocycles. The number of aliphatic hydroxyl groups is 1. The summed E-state index contributed by atoms with van der Waals surface area (Å²) in [7, 11) is 0. The average Bonchev–Trinajstić information content (AvgIpc) is 3.05. The molecule has 2 aliphatic carbocycles. The molecule has 0 aromatic rings. The van der Waals surface area contributed by atoms with Gasteiger partial charge in [-0.25, -0.2) is 0 Å². The number of aliphatic hydroxyl groups excluding tert-OH is 1. The van der Waals surface area contributed by atoms with Crippen LogP contribution in [0.5, 0.6) is 0 Å². The quantitative estimate of drug-likeness (QED) is 0.646. The summed E-state index contributed by atoms with van der Waals surface area (Å²) in [5.41, 5.74) is 0. The van der Waals surface area contributed by atoms with Crippen molar-refractivity contribution in [2.24, 2.45) is 11.8 Å². The molecule has 2 rings (SSSR count). The van der Waals surface area contributed by atoms with E-state index in [9.17, 15) is 0 Å². The number of allylic oxidation sites excluding steroid dienone is 1. The minimum absolute atomic E-state index is 0.287. The van der Waals surface area contributed by atoms with Gasteiger partial charge in [0.25, 0.3) is 0 Å². The molecular weight excluding hydrogens is 198 g/mol. The molecule has 90 valence electrons. The maximum absolute atomic E-state index is 9.09. The summed E-state index contributed by atoms with van der Waals surface area (Å²) in [4.78, 5) is 0. The van der Waals surface area contributed by atoms with Crippen molar-refractivity contribution in [3.63, 3.8) is 0 Å². The van der Waals surface area contributed by atoms with Crippen molar-refractivity contribution in [2.45, 2.75) is 44.2 Å². The zero-order valence-corrected chi connectivity index (χ0v) is 9.94. The fourth-order valence-electron chi connectivity index (χ4n) is 2.56. The Kier molecular flexibility index (Phi) is 4.19. The van der Waals surface area contributed by atoms with E-state index < -0.39 is 0 Å². The molecule has 0 aliphatic heterocycles. The summed E-state index contributed by atoms with van der Waals surface area (Å²) in [6.45, 7) is 4.08. The molecule has 0 bridgehead atoms. The molecule has 2 N–H and O–H groups in total. The average molecular weight is 221 g/mol. The van der Waals surface area contributed by atoms with Gasteiger partial charge in [-0.05, 0) is 38.0 Å². The fraction of sp³-hybridized carbons (Fsp3) is 0.714. The minimum Gasteiger partial charge on any atom is -0.396 e. The van der Waals surface area contributed by atoms with Crippen molar-refractivity contribution in [3.05, 3.63) is 24.8 Å². The first-order valence-electron chi connectivity index (χ1n) is 6.49. The van der Waals surface area contributed by atoms with Gasteiger partial charge in [0, 0.05) is 24.6 Å². The first-order chi connectivity index (χ1) is 7.83. The molecule has 0 amide bonds. The van der Waals surface area contributed by atoms with Crippen LogP contribution in [0.3, 0.4) is 0 Å². The van der Waals surface area contributed by atoms with Crippen LogP contribution in [0, 0.1) is 11.8 Å². The predicted octanol–water partition coefficient (Wildman–Crippen LogP) is 2.26. The molecule has 0 heterocycles. The lowest BCUT2D eigenvalue weighted by Crippen LogP contribution is -2.38. The van der Waals surface area contributed by atoms with Crippen LogP contribution in [-0.2, 0) is 0 Å². The van der Waals surface area contributed by atoms with Crippen LogP contribution in [0.4, 0.5) is 0 Å². The van der Waals surface area contributed by atoms with Gasteiger partial charge in [-0.2, -0.15) is 0 Å². The summed E-state index contributed by atoms with van der Waals surface area (Å²) in [5, 5.41) is 12.8. The third-order valence-electron chi connectivity index (χ3n) is 3.71. The third kappa shape index (κ3) is 3.19. The molecule has 0 spiro atoms. The third-order valence-corrected chi connectivity index (χ3v) is 3.71. The van der Waals surface area contributed by atoms with Gasteiger partial charge in [0.1, 0.15) is 0 Å². The molecule has 1 saturated carbocycles. The molecule has 3 atom stereocenters. The second kappa shape index (κ2) is 5.65. The Morgan fingerprint density at radius 1 is 1.44 bits per heavy atom. The highest BCUT2D eigenvalue weighted by Gasteiger charge is 2.32. The number of rotatable bonds is 7. The molecule has 16 heavy (non-hydrogen) atoms. The Morgan fingerprint density at radius 2 is 2.25 bits per heavy atom. The Morgan fingerprint density at radius 3 is 2.81 bits per heavy atom. The molecule has 0 aromatic carbocycles. The zero-order valence-electron chi connectivity index (χ0n) is 9.94. The Labute approximate surface area is 98.4 Å². The van der Waals surface area contributed by atoms with E-state index >= 15 is 0 Å². The smallest absolute Gasteiger partial charge is 0.0494 e. The van der Waals surface area contributed by atoms with Gasteiger partial charge in [-0.1, -0.05) is 18.2 Å². The van der Waals surface area contributed by atoms with E-state index in [2.05, 4.69) is 24.0 Å². The van der Waals surface area contributed by atoms with Crippen LogP contribution >= 0.6 is 0 Å². The standard InChI is InChI=1S/C14H23NO/c1-2-3-4-14(12-6-7-12)15-13-8-5-11(9-13)10-16/h2,5,8,11-16H,1,3-4,6-7,9-10H2/t11-,13+,14?/m0/s1. The highest BCUT2D eigenvalue weighted by atomic mass is 16.3. The Balaban J connectivity index is 1.77. The van der Waals surface area contributed by atoms with Gasteiger partial charge >= 0.3 is 0 Å². The first kappa shape index (κ1) is 11.9. The van der Waals surface area contributed by atoms with Crippen molar-refractivity contribution in [3.8, 4) is 0 Å². The maximum atomic E-state index is 9.09. The molecule has 1 fully saturated rings. The molecule has 2 nitrogen and oxygen atoms in total. The van der Waals surface area contributed by atoms with E-state index in [0.29, 0.717) is 18.0 Å². The second-order valence-electron chi connectivity index (χ2n) is 5.15. The molecule has 1 unspecified atom stereocenters. The molecule has 0 saturated heterocycles. The van der Waals surface area contributed by atoms with Crippen LogP contribution in [0.2, 0.25) is 0 Å². The van der Waals surface area contributed by atoms with Crippen molar-refractivity contribution in [1.29, 1.82) is 0 Å². The van der Waals surface area contributed by atoms with Crippen LogP contribution < -0.4 is 5.32 Å². The van der Waals surface area contributed by atoms with Crippen LogP contribution in [0.15, 0.2) is 24.8 Å². The Bertz CT molecular complexity index is 257. The van der Waals surface area contributed by atoms with E-state index in [1.54, 1.807) is 0 Å². The van der Waals surface area contributed by atoms with Crippen molar-refractivity contribution in [2.75, 3.05) is 6.61 Å². The lowest BCUT2D eigenvalue weighted by atomic mass is 10.0. The molecular formula is C14H23NO. The number of hydrogen-bond donors (Lipinski definition) is 2. The lowest BCUT2D eigenvalue weighted by molar-refractivity contribution is 0.243. The van der Waals surface area contributed by atoms with E-state index in [-0.39, 0.29) is 6.61 Å². The summed E-state index contributed by atoms with van der Waals surface area (Å²) in [6, 6.07) is 1.14. The van der Waals surface area contributed by atoms with Crippen LogP contribution in [0.25, 0.3) is 0 Å². The topological polar surface area (TPSA) is 32.3 Å². The molecule has 2 heteroatoms. The van der Waals surface area contributed by atoms with Gasteiger partial charge in [0.2, 0.25) is 0 Å². The van der Waals surface area contributed by atoms with Gasteiger partial charge in [0.05, 0.1) is 0 Å². The second-order valence-corrected chi connectivity index (χ2v) is 5.15. The van der Waals surface area contributed by atoms with E-state index in [1.165, 1.54) is 19.3 Å². The summed E-state index contributed by atoms with van der Waals surface area (Å²) in [6.07, 6.45) is 12.5. The van der Waals surface area contributed by atoms with Crippen LogP contribution in [0.1, 0.15) is 32.1 Å². The SMILES string of the molecule is C=CCCC(N[C@@H]1C=C[C@H](CO)C1)C1CC1. The van der Waals surface area contributed by atoms with Crippen molar-refractivity contribution >= 4 is 0 Å². The maximum Gasteiger partial charge on any atom is 0.0494 e. The molecule has 0 radical (unpaired) electrons. The van der Waals surface area contributed by atoms with Crippen molar-refractivity contribution in [1.82, 2.24) is 5.32 Å². The zero-order chi connectivity index (χ0) is 11.4. The van der Waals surface area contributed by atoms with Gasteiger partial charge < -0.3 is 10.4 Å². The van der Waals surface area contributed by atoms with E-state index in [0.717, 1.165) is 18.8 Å². The first-order valence-corrected chi connectivity index (χ1v) is 6.49. The number of hydrogen-bond acceptors (Lipinski definition) is 2. The minimum atomic E-state index is 0.287. The number of nitrogens with one attached hydrogen (secondary N) is 1. The monoisotopic (exact) mass is 221 g/mol. The van der Waals surface area contributed by atoms with Gasteiger partial charge in [-0.3, -0.25) is 0 Å². The Hall–Kier alpha value is -0.600. The van der Waals surface area contributed by atoms with Crippen molar-refractivity contribution < 1.29 is 5.11 Å². The largest absolute Gasteiger partial charge is 0.396 e.